The van der Waals surface area contributed by atoms with Crippen LogP contribution in [0.5, 0.6) is 17.2 Å². The number of hydrogen-bond donors (Lipinski definition) is 3. The molecule has 0 radical (unpaired) electrons. The van der Waals surface area contributed by atoms with E-state index in [1.807, 2.05) is 0 Å². The number of phenolic OH excluding ortho intramolecular Hbond substituents is 1. The molecule has 0 heterocycles. The van der Waals surface area contributed by atoms with Crippen LogP contribution < -0.4 is 9.47 Å². The Labute approximate surface area is 211 Å². The van der Waals surface area contributed by atoms with E-state index in [0.29, 0.717) is 0 Å². The summed E-state index contributed by atoms with van der Waals surface area (Å²) in [6.45, 7) is -0.930. The summed E-state index contributed by atoms with van der Waals surface area (Å²) in [7, 11) is -11.6. The summed E-state index contributed by atoms with van der Waals surface area (Å²) in [5.74, 6) is -1.56. The normalized spacial score (nSPS) is 12.8. The molecule has 0 unspecified atom stereocenters. The van der Waals surface area contributed by atoms with Crippen LogP contribution in [0.4, 0.5) is 11.4 Å². The molecule has 0 atom stereocenters. The molecule has 0 aliphatic heterocycles. The summed E-state index contributed by atoms with van der Waals surface area (Å²) in [5.41, 5.74) is -0.835. The number of hydrogen-bond acceptors (Lipinski definition) is 12. The molecular weight excluding hydrogens is 556 g/mol. The van der Waals surface area contributed by atoms with Gasteiger partial charge in [-0.1, -0.05) is 24.3 Å². The summed E-state index contributed by atoms with van der Waals surface area (Å²) in [4.78, 5) is -1.12. The van der Waals surface area contributed by atoms with Crippen LogP contribution in [0.3, 0.4) is 0 Å². The molecule has 0 aromatic heterocycles. The molecule has 17 heteroatoms. The molecule has 3 aromatic rings. The Balaban J connectivity index is 2.20. The molecule has 0 aliphatic rings. The summed E-state index contributed by atoms with van der Waals surface area (Å²) < 4.78 is 104. The predicted octanol–water partition coefficient (Wildman–Crippen LogP) is 2.82. The van der Waals surface area contributed by atoms with Crippen molar-refractivity contribution in [2.75, 3.05) is 26.6 Å². The van der Waals surface area contributed by atoms with Crippen molar-refractivity contribution < 1.29 is 53.1 Å². The third-order valence-electron chi connectivity index (χ3n) is 4.88. The van der Waals surface area contributed by atoms with E-state index >= 15 is 0 Å². The number of azo groups is 1. The standard InChI is InChI=1S/C20H20N2O12S3/c1-32-12-9-16(33-2)19(18(10-12)35(24,25)8-7-34-37(29,30)31)22-21-15-11-17(36(26,27)28)13-5-3-4-6-14(13)20(15)23/h3-6,9-11,23H,7-8H2,1-2H3,(H,26,27,28)(H,29,30,31). The van der Waals surface area contributed by atoms with E-state index in [-0.39, 0.29) is 22.3 Å². The summed E-state index contributed by atoms with van der Waals surface area (Å²) >= 11 is 0. The molecule has 0 saturated heterocycles. The van der Waals surface area contributed by atoms with Gasteiger partial charge in [0, 0.05) is 22.9 Å². The van der Waals surface area contributed by atoms with Gasteiger partial charge in [-0.2, -0.15) is 16.8 Å². The highest BCUT2D eigenvalue weighted by atomic mass is 32.3. The van der Waals surface area contributed by atoms with E-state index in [0.717, 1.165) is 12.1 Å². The SMILES string of the molecule is COc1cc(OC)c(N=Nc2cc(S(=O)(=O)O)c3ccccc3c2O)c(S(=O)(=O)CCOS(=O)(=O)O)c1. The Kier molecular flexibility index (Phi) is 8.06. The lowest BCUT2D eigenvalue weighted by Gasteiger charge is -2.13. The van der Waals surface area contributed by atoms with Crippen LogP contribution in [0.15, 0.2) is 62.5 Å². The van der Waals surface area contributed by atoms with Crippen molar-refractivity contribution in [2.24, 2.45) is 10.2 Å². The molecule has 0 amide bonds. The van der Waals surface area contributed by atoms with E-state index < -0.39 is 69.6 Å². The molecule has 0 saturated carbocycles. The number of benzene rings is 3. The Hall–Kier alpha value is -3.35. The second-order valence-corrected chi connectivity index (χ2v) is 11.8. The smallest absolute Gasteiger partial charge is 0.397 e. The van der Waals surface area contributed by atoms with E-state index in [9.17, 15) is 34.9 Å². The van der Waals surface area contributed by atoms with Crippen LogP contribution in [0.25, 0.3) is 10.8 Å². The average Bonchev–Trinajstić information content (AvgIpc) is 2.81. The minimum Gasteiger partial charge on any atom is -0.505 e. The Morgan fingerprint density at radius 1 is 0.838 bits per heavy atom. The maximum Gasteiger partial charge on any atom is 0.397 e. The first-order valence-electron chi connectivity index (χ1n) is 9.92. The topological polar surface area (TPSA) is 216 Å². The van der Waals surface area contributed by atoms with Crippen molar-refractivity contribution in [1.82, 2.24) is 0 Å². The Morgan fingerprint density at radius 3 is 2.05 bits per heavy atom. The van der Waals surface area contributed by atoms with Crippen molar-refractivity contribution in [3.63, 3.8) is 0 Å². The van der Waals surface area contributed by atoms with Gasteiger partial charge in [0.05, 0.1) is 26.6 Å². The molecular formula is C20H20N2O12S3. The molecule has 3 aromatic carbocycles. The minimum absolute atomic E-state index is 0.00517. The van der Waals surface area contributed by atoms with Crippen molar-refractivity contribution in [2.45, 2.75) is 9.79 Å². The van der Waals surface area contributed by atoms with Crippen LogP contribution in [0.1, 0.15) is 0 Å². The first kappa shape index (κ1) is 28.2. The fourth-order valence-electron chi connectivity index (χ4n) is 3.23. The van der Waals surface area contributed by atoms with Gasteiger partial charge in [0.2, 0.25) is 0 Å². The van der Waals surface area contributed by atoms with Gasteiger partial charge in [0.15, 0.2) is 21.3 Å². The number of nitrogens with zero attached hydrogens (tertiary/aromatic N) is 2. The number of aromatic hydroxyl groups is 1. The molecule has 0 spiro atoms. The van der Waals surface area contributed by atoms with Crippen LogP contribution in [0.2, 0.25) is 0 Å². The van der Waals surface area contributed by atoms with Crippen LogP contribution in [-0.2, 0) is 34.5 Å². The molecule has 14 nitrogen and oxygen atoms in total. The van der Waals surface area contributed by atoms with Gasteiger partial charge in [-0.3, -0.25) is 9.11 Å². The van der Waals surface area contributed by atoms with Gasteiger partial charge in [-0.05, 0) is 6.07 Å². The first-order chi connectivity index (χ1) is 17.2. The van der Waals surface area contributed by atoms with E-state index in [1.54, 1.807) is 0 Å². The largest absolute Gasteiger partial charge is 0.505 e. The molecule has 3 rings (SSSR count). The summed E-state index contributed by atoms with van der Waals surface area (Å²) in [6, 6.07) is 8.88. The number of rotatable bonds is 10. The zero-order valence-electron chi connectivity index (χ0n) is 19.1. The van der Waals surface area contributed by atoms with Gasteiger partial charge in [0.1, 0.15) is 26.9 Å². The highest BCUT2D eigenvalue weighted by Gasteiger charge is 2.25. The number of sulfone groups is 1. The zero-order chi connectivity index (χ0) is 27.6. The van der Waals surface area contributed by atoms with Crippen molar-refractivity contribution in [3.05, 3.63) is 42.5 Å². The third kappa shape index (κ3) is 6.51. The number of methoxy groups -OCH3 is 2. The van der Waals surface area contributed by atoms with E-state index in [4.69, 9.17) is 14.0 Å². The second kappa shape index (κ2) is 10.6. The minimum atomic E-state index is -4.90. The van der Waals surface area contributed by atoms with E-state index in [2.05, 4.69) is 14.4 Å². The molecule has 0 aliphatic carbocycles. The summed E-state index contributed by atoms with van der Waals surface area (Å²) in [6.07, 6.45) is 0. The lowest BCUT2D eigenvalue weighted by molar-refractivity contribution is 0.284. The molecule has 3 N–H and O–H groups in total. The van der Waals surface area contributed by atoms with Crippen LogP contribution in [-0.4, -0.2) is 66.0 Å². The number of fused-ring (bicyclic) bond motifs is 1. The van der Waals surface area contributed by atoms with Crippen LogP contribution >= 0.6 is 0 Å². The molecule has 37 heavy (non-hydrogen) atoms. The number of phenols is 1. The lowest BCUT2D eigenvalue weighted by atomic mass is 10.1. The quantitative estimate of drug-likeness (QED) is 0.234. The predicted molar refractivity (Wildman–Crippen MR) is 129 cm³/mol. The molecule has 200 valence electrons. The van der Waals surface area contributed by atoms with Crippen LogP contribution in [0, 0.1) is 0 Å². The Morgan fingerprint density at radius 2 is 1.49 bits per heavy atom. The van der Waals surface area contributed by atoms with Gasteiger partial charge in [-0.25, -0.2) is 12.6 Å². The van der Waals surface area contributed by atoms with Gasteiger partial charge in [-0.15, -0.1) is 10.2 Å². The van der Waals surface area contributed by atoms with Crippen molar-refractivity contribution in [1.29, 1.82) is 0 Å². The molecule has 0 bridgehead atoms. The maximum atomic E-state index is 13.0. The van der Waals surface area contributed by atoms with Crippen molar-refractivity contribution >= 4 is 52.5 Å². The highest BCUT2D eigenvalue weighted by molar-refractivity contribution is 7.91. The van der Waals surface area contributed by atoms with Crippen molar-refractivity contribution in [3.8, 4) is 17.2 Å². The number of ether oxygens (including phenoxy) is 2. The average molecular weight is 577 g/mol. The summed E-state index contributed by atoms with van der Waals surface area (Å²) in [5, 5.41) is 18.3. The molecule has 0 fully saturated rings. The zero-order valence-corrected chi connectivity index (χ0v) is 21.5. The Bertz CT molecular complexity index is 1700. The maximum absolute atomic E-state index is 13.0. The van der Waals surface area contributed by atoms with Gasteiger partial charge in [0.25, 0.3) is 10.1 Å². The highest BCUT2D eigenvalue weighted by Crippen LogP contribution is 2.43. The second-order valence-electron chi connectivity index (χ2n) is 7.21. The van der Waals surface area contributed by atoms with E-state index in [1.165, 1.54) is 44.6 Å². The fraction of sp³-hybridized carbons (Fsp3) is 0.200. The first-order valence-corrected chi connectivity index (χ1v) is 14.4. The lowest BCUT2D eigenvalue weighted by Crippen LogP contribution is -2.16. The monoisotopic (exact) mass is 576 g/mol. The third-order valence-corrected chi connectivity index (χ3v) is 7.93. The van der Waals surface area contributed by atoms with Gasteiger partial charge < -0.3 is 14.6 Å². The fourth-order valence-corrected chi connectivity index (χ4v) is 5.60. The van der Waals surface area contributed by atoms with Gasteiger partial charge >= 0.3 is 10.4 Å².